The van der Waals surface area contributed by atoms with Crippen molar-refractivity contribution in [2.45, 2.75) is 13.3 Å². The first-order chi connectivity index (χ1) is 6.15. The standard InChI is InChI=1S/C10H14FNO/c1-7-5-8(3-4-12-2)10(13)9(11)6-7/h5-6,12-13H,3-4H2,1-2H3. The third-order valence-corrected chi connectivity index (χ3v) is 1.93. The minimum atomic E-state index is -0.536. The average Bonchev–Trinajstić information content (AvgIpc) is 2.09. The summed E-state index contributed by atoms with van der Waals surface area (Å²) in [5, 5.41) is 12.3. The largest absolute Gasteiger partial charge is 0.505 e. The van der Waals surface area contributed by atoms with Crippen molar-refractivity contribution >= 4 is 0 Å². The van der Waals surface area contributed by atoms with Crippen LogP contribution in [0.4, 0.5) is 4.39 Å². The van der Waals surface area contributed by atoms with E-state index in [9.17, 15) is 9.50 Å². The van der Waals surface area contributed by atoms with E-state index < -0.39 is 5.82 Å². The van der Waals surface area contributed by atoms with Crippen LogP contribution in [0.25, 0.3) is 0 Å². The number of aryl methyl sites for hydroxylation is 1. The predicted molar refractivity (Wildman–Crippen MR) is 50.4 cm³/mol. The second-order valence-corrected chi connectivity index (χ2v) is 3.11. The van der Waals surface area contributed by atoms with Gasteiger partial charge in [-0.1, -0.05) is 6.07 Å². The third kappa shape index (κ3) is 2.42. The molecule has 1 rings (SSSR count). The highest BCUT2D eigenvalue weighted by atomic mass is 19.1. The smallest absolute Gasteiger partial charge is 0.165 e. The van der Waals surface area contributed by atoms with Crippen molar-refractivity contribution in [1.82, 2.24) is 5.32 Å². The summed E-state index contributed by atoms with van der Waals surface area (Å²) < 4.78 is 13.0. The molecular weight excluding hydrogens is 169 g/mol. The molecule has 3 heteroatoms. The molecule has 0 spiro atoms. The van der Waals surface area contributed by atoms with Crippen LogP contribution in [0.2, 0.25) is 0 Å². The number of phenolic OH excluding ortho intramolecular Hbond substituents is 1. The van der Waals surface area contributed by atoms with Gasteiger partial charge in [-0.05, 0) is 44.1 Å². The zero-order valence-corrected chi connectivity index (χ0v) is 7.89. The Balaban J connectivity index is 2.92. The van der Waals surface area contributed by atoms with Crippen LogP contribution in [0.1, 0.15) is 11.1 Å². The molecule has 1 aromatic rings. The van der Waals surface area contributed by atoms with Crippen molar-refractivity contribution < 1.29 is 9.50 Å². The number of benzene rings is 1. The lowest BCUT2D eigenvalue weighted by atomic mass is 10.1. The first-order valence-electron chi connectivity index (χ1n) is 4.27. The summed E-state index contributed by atoms with van der Waals surface area (Å²) >= 11 is 0. The fraction of sp³-hybridized carbons (Fsp3) is 0.400. The van der Waals surface area contributed by atoms with Gasteiger partial charge < -0.3 is 10.4 Å². The van der Waals surface area contributed by atoms with Crippen molar-refractivity contribution in [3.05, 3.63) is 29.1 Å². The van der Waals surface area contributed by atoms with Gasteiger partial charge in [-0.25, -0.2) is 4.39 Å². The van der Waals surface area contributed by atoms with Gasteiger partial charge in [-0.2, -0.15) is 0 Å². The number of hydrogen-bond acceptors (Lipinski definition) is 2. The zero-order chi connectivity index (χ0) is 9.84. The maximum atomic E-state index is 13.0. The van der Waals surface area contributed by atoms with Crippen LogP contribution in [-0.4, -0.2) is 18.7 Å². The Morgan fingerprint density at radius 2 is 2.15 bits per heavy atom. The van der Waals surface area contributed by atoms with Crippen LogP contribution in [0.3, 0.4) is 0 Å². The van der Waals surface area contributed by atoms with E-state index in [1.54, 1.807) is 6.07 Å². The van der Waals surface area contributed by atoms with E-state index in [4.69, 9.17) is 0 Å². The molecule has 2 nitrogen and oxygen atoms in total. The first-order valence-corrected chi connectivity index (χ1v) is 4.27. The number of aromatic hydroxyl groups is 1. The van der Waals surface area contributed by atoms with Gasteiger partial charge >= 0.3 is 0 Å². The number of rotatable bonds is 3. The van der Waals surface area contributed by atoms with E-state index >= 15 is 0 Å². The number of phenols is 1. The van der Waals surface area contributed by atoms with Crippen molar-refractivity contribution in [3.63, 3.8) is 0 Å². The highest BCUT2D eigenvalue weighted by molar-refractivity contribution is 5.37. The molecule has 0 saturated heterocycles. The number of nitrogens with one attached hydrogen (secondary N) is 1. The van der Waals surface area contributed by atoms with Gasteiger partial charge in [0.2, 0.25) is 0 Å². The molecule has 1 aromatic carbocycles. The molecule has 0 heterocycles. The highest BCUT2D eigenvalue weighted by Crippen LogP contribution is 2.22. The lowest BCUT2D eigenvalue weighted by molar-refractivity contribution is 0.425. The third-order valence-electron chi connectivity index (χ3n) is 1.93. The van der Waals surface area contributed by atoms with E-state index in [0.717, 1.165) is 12.1 Å². The molecular formula is C10H14FNO. The zero-order valence-electron chi connectivity index (χ0n) is 7.89. The molecule has 0 fully saturated rings. The van der Waals surface area contributed by atoms with E-state index in [-0.39, 0.29) is 5.75 Å². The summed E-state index contributed by atoms with van der Waals surface area (Å²) in [6, 6.07) is 3.13. The maximum absolute atomic E-state index is 13.0. The van der Waals surface area contributed by atoms with Gasteiger partial charge in [0, 0.05) is 0 Å². The Kier molecular flexibility index (Phi) is 3.25. The molecule has 0 amide bonds. The summed E-state index contributed by atoms with van der Waals surface area (Å²) in [6.07, 6.45) is 0.640. The highest BCUT2D eigenvalue weighted by Gasteiger charge is 2.07. The lowest BCUT2D eigenvalue weighted by Gasteiger charge is -2.06. The quantitative estimate of drug-likeness (QED) is 0.746. The Bertz CT molecular complexity index is 299. The van der Waals surface area contributed by atoms with E-state index in [1.165, 1.54) is 6.07 Å². The Hall–Kier alpha value is -1.09. The number of likely N-dealkylation sites (N-methyl/N-ethyl adjacent to an activating group) is 1. The summed E-state index contributed by atoms with van der Waals surface area (Å²) in [7, 11) is 1.82. The molecule has 0 unspecified atom stereocenters. The minimum absolute atomic E-state index is 0.221. The first kappa shape index (κ1) is 9.99. The molecule has 0 aliphatic rings. The lowest BCUT2D eigenvalue weighted by Crippen LogP contribution is -2.10. The van der Waals surface area contributed by atoms with Crippen molar-refractivity contribution in [3.8, 4) is 5.75 Å². The Morgan fingerprint density at radius 1 is 1.46 bits per heavy atom. The summed E-state index contributed by atoms with van der Waals surface area (Å²) in [5.74, 6) is -0.757. The summed E-state index contributed by atoms with van der Waals surface area (Å²) in [4.78, 5) is 0. The van der Waals surface area contributed by atoms with Crippen LogP contribution in [0.5, 0.6) is 5.75 Å². The fourth-order valence-corrected chi connectivity index (χ4v) is 1.26. The number of hydrogen-bond donors (Lipinski definition) is 2. The fourth-order valence-electron chi connectivity index (χ4n) is 1.26. The Morgan fingerprint density at radius 3 is 2.77 bits per heavy atom. The molecule has 72 valence electrons. The SMILES string of the molecule is CNCCc1cc(C)cc(F)c1O. The number of halogens is 1. The molecule has 0 saturated carbocycles. The van der Waals surface area contributed by atoms with Gasteiger partial charge in [-0.3, -0.25) is 0 Å². The molecule has 13 heavy (non-hydrogen) atoms. The second kappa shape index (κ2) is 4.23. The normalized spacial score (nSPS) is 10.4. The monoisotopic (exact) mass is 183 g/mol. The van der Waals surface area contributed by atoms with Crippen LogP contribution in [0, 0.1) is 12.7 Å². The molecule has 0 radical (unpaired) electrons. The van der Waals surface area contributed by atoms with Gasteiger partial charge in [0.05, 0.1) is 0 Å². The topological polar surface area (TPSA) is 32.3 Å². The maximum Gasteiger partial charge on any atom is 0.165 e. The van der Waals surface area contributed by atoms with Gasteiger partial charge in [0.25, 0.3) is 0 Å². The predicted octanol–water partition coefficient (Wildman–Crippen LogP) is 1.60. The molecule has 0 atom stereocenters. The van der Waals surface area contributed by atoms with E-state index in [2.05, 4.69) is 5.32 Å². The second-order valence-electron chi connectivity index (χ2n) is 3.11. The Labute approximate surface area is 77.4 Å². The summed E-state index contributed by atoms with van der Waals surface area (Å²) in [6.45, 7) is 2.54. The summed E-state index contributed by atoms with van der Waals surface area (Å²) in [5.41, 5.74) is 1.49. The van der Waals surface area contributed by atoms with E-state index in [1.807, 2.05) is 14.0 Å². The van der Waals surface area contributed by atoms with Crippen molar-refractivity contribution in [2.75, 3.05) is 13.6 Å². The molecule has 0 aromatic heterocycles. The molecule has 0 aliphatic heterocycles. The molecule has 0 aliphatic carbocycles. The van der Waals surface area contributed by atoms with Crippen LogP contribution in [-0.2, 0) is 6.42 Å². The van der Waals surface area contributed by atoms with Crippen LogP contribution < -0.4 is 5.32 Å². The van der Waals surface area contributed by atoms with Gasteiger partial charge in [0.15, 0.2) is 11.6 Å². The van der Waals surface area contributed by atoms with E-state index in [0.29, 0.717) is 12.0 Å². The average molecular weight is 183 g/mol. The minimum Gasteiger partial charge on any atom is -0.505 e. The van der Waals surface area contributed by atoms with Gasteiger partial charge in [-0.15, -0.1) is 0 Å². The molecule has 0 bridgehead atoms. The van der Waals surface area contributed by atoms with Crippen LogP contribution >= 0.6 is 0 Å². The van der Waals surface area contributed by atoms with Gasteiger partial charge in [0.1, 0.15) is 0 Å². The van der Waals surface area contributed by atoms with Crippen molar-refractivity contribution in [2.24, 2.45) is 0 Å². The van der Waals surface area contributed by atoms with Crippen molar-refractivity contribution in [1.29, 1.82) is 0 Å². The van der Waals surface area contributed by atoms with Crippen LogP contribution in [0.15, 0.2) is 12.1 Å². The molecule has 2 N–H and O–H groups in total.